The number of nitrogens with zero attached hydrogens (tertiary/aromatic N) is 1. The predicted molar refractivity (Wildman–Crippen MR) is 112 cm³/mol. The number of hydrogen-bond acceptors (Lipinski definition) is 6. The van der Waals surface area contributed by atoms with Crippen LogP contribution >= 0.6 is 22.9 Å². The molecular formula is C20H12ClNO5S2. The van der Waals surface area contributed by atoms with Crippen molar-refractivity contribution >= 4 is 54.8 Å². The smallest absolute Gasteiger partial charge is 0.396 e. The van der Waals surface area contributed by atoms with Gasteiger partial charge in [-0.3, -0.25) is 4.79 Å². The van der Waals surface area contributed by atoms with Crippen LogP contribution in [0.5, 0.6) is 0 Å². The molecule has 29 heavy (non-hydrogen) atoms. The van der Waals surface area contributed by atoms with Gasteiger partial charge in [-0.05, 0) is 54.6 Å². The maximum Gasteiger partial charge on any atom is 0.396 e. The van der Waals surface area contributed by atoms with Crippen LogP contribution in [-0.4, -0.2) is 14.3 Å². The second-order valence-corrected chi connectivity index (χ2v) is 9.18. The van der Waals surface area contributed by atoms with Crippen molar-refractivity contribution in [3.63, 3.8) is 0 Å². The Balaban J connectivity index is 1.91. The summed E-state index contributed by atoms with van der Waals surface area (Å²) in [4.78, 5) is 24.2. The van der Waals surface area contributed by atoms with Crippen molar-refractivity contribution in [1.29, 1.82) is 0 Å². The highest BCUT2D eigenvalue weighted by atomic mass is 35.5. The predicted octanol–water partition coefficient (Wildman–Crippen LogP) is 4.54. The van der Waals surface area contributed by atoms with Crippen molar-refractivity contribution in [2.75, 3.05) is 4.31 Å². The lowest BCUT2D eigenvalue weighted by Gasteiger charge is -2.23. The quantitative estimate of drug-likeness (QED) is 0.460. The Labute approximate surface area is 174 Å². The lowest BCUT2D eigenvalue weighted by atomic mass is 10.2. The molecule has 0 aliphatic carbocycles. The molecule has 1 aromatic heterocycles. The Kier molecular flexibility index (Phi) is 4.99. The number of sulfonamides is 1. The number of rotatable bonds is 4. The van der Waals surface area contributed by atoms with Crippen LogP contribution in [0.1, 0.15) is 10.4 Å². The minimum atomic E-state index is -4.23. The molecular weight excluding hydrogens is 434 g/mol. The fraction of sp³-hybridized carbons (Fsp3) is 0. The fourth-order valence-electron chi connectivity index (χ4n) is 2.76. The van der Waals surface area contributed by atoms with Crippen molar-refractivity contribution in [2.24, 2.45) is 0 Å². The number of carbonyl (C=O) groups excluding carboxylic acids is 1. The van der Waals surface area contributed by atoms with Gasteiger partial charge in [0.05, 0.1) is 15.3 Å². The Morgan fingerprint density at radius 3 is 2.34 bits per heavy atom. The summed E-state index contributed by atoms with van der Waals surface area (Å²) < 4.78 is 32.9. The van der Waals surface area contributed by atoms with Crippen LogP contribution in [0.3, 0.4) is 0 Å². The molecule has 0 radical (unpaired) electrons. The standard InChI is InChI=1S/C20H12ClNO5S2/c21-14-8-6-13(7-9-14)19(23)22(29(25,26)16-4-2-1-3-5-16)15-10-11-17-18(12-15)28-20(24)27-17/h1-12H. The number of amides is 1. The van der Waals surface area contributed by atoms with E-state index in [9.17, 15) is 18.0 Å². The van der Waals surface area contributed by atoms with Gasteiger partial charge in [0.1, 0.15) is 5.58 Å². The molecule has 0 spiro atoms. The van der Waals surface area contributed by atoms with Gasteiger partial charge in [0, 0.05) is 10.6 Å². The normalized spacial score (nSPS) is 11.5. The monoisotopic (exact) mass is 445 g/mol. The minimum Gasteiger partial charge on any atom is -0.414 e. The number of hydrogen-bond donors (Lipinski definition) is 0. The summed E-state index contributed by atoms with van der Waals surface area (Å²) in [5.41, 5.74) is 0.562. The van der Waals surface area contributed by atoms with Crippen LogP contribution in [0.4, 0.5) is 5.69 Å². The summed E-state index contributed by atoms with van der Waals surface area (Å²) in [6, 6.07) is 17.9. The van der Waals surface area contributed by atoms with E-state index in [2.05, 4.69) is 0 Å². The molecule has 0 atom stereocenters. The van der Waals surface area contributed by atoms with E-state index in [0.29, 0.717) is 15.3 Å². The van der Waals surface area contributed by atoms with Gasteiger partial charge in [-0.2, -0.15) is 4.31 Å². The molecule has 4 rings (SSSR count). The first kappa shape index (κ1) is 19.4. The summed E-state index contributed by atoms with van der Waals surface area (Å²) >= 11 is 6.71. The van der Waals surface area contributed by atoms with E-state index in [-0.39, 0.29) is 16.1 Å². The average molecular weight is 446 g/mol. The minimum absolute atomic E-state index is 0.0391. The third kappa shape index (κ3) is 3.69. The van der Waals surface area contributed by atoms with Crippen molar-refractivity contribution in [1.82, 2.24) is 0 Å². The van der Waals surface area contributed by atoms with Gasteiger partial charge < -0.3 is 4.42 Å². The second-order valence-electron chi connectivity index (χ2n) is 5.98. The molecule has 0 bridgehead atoms. The number of carbonyl (C=O) groups is 1. The number of anilines is 1. The molecule has 0 fully saturated rings. The summed E-state index contributed by atoms with van der Waals surface area (Å²) in [7, 11) is -4.23. The first-order valence-corrected chi connectivity index (χ1v) is 10.9. The van der Waals surface area contributed by atoms with Gasteiger partial charge in [-0.15, -0.1) is 0 Å². The molecule has 0 saturated heterocycles. The summed E-state index contributed by atoms with van der Waals surface area (Å²) in [5, 5.41) is 0.420. The van der Waals surface area contributed by atoms with Gasteiger partial charge in [0.15, 0.2) is 0 Å². The molecule has 0 aliphatic heterocycles. The molecule has 0 unspecified atom stereocenters. The van der Waals surface area contributed by atoms with Crippen molar-refractivity contribution in [3.05, 3.63) is 93.1 Å². The molecule has 6 nitrogen and oxygen atoms in total. The third-order valence-corrected chi connectivity index (χ3v) is 6.87. The van der Waals surface area contributed by atoms with Crippen LogP contribution in [0, 0.1) is 0 Å². The largest absolute Gasteiger partial charge is 0.414 e. The SMILES string of the molecule is O=C(c1ccc(Cl)cc1)N(c1ccc2oc(=O)sc2c1)S(=O)(=O)c1ccccc1. The zero-order valence-corrected chi connectivity index (χ0v) is 17.0. The van der Waals surface area contributed by atoms with Crippen LogP contribution < -0.4 is 9.24 Å². The molecule has 9 heteroatoms. The van der Waals surface area contributed by atoms with Gasteiger partial charge in [0.2, 0.25) is 0 Å². The Bertz CT molecular complexity index is 1360. The molecule has 0 aliphatic rings. The summed E-state index contributed by atoms with van der Waals surface area (Å²) in [6.07, 6.45) is 0. The lowest BCUT2D eigenvalue weighted by molar-refractivity contribution is 0.101. The van der Waals surface area contributed by atoms with Gasteiger partial charge in [-0.25, -0.2) is 13.2 Å². The Morgan fingerprint density at radius 2 is 1.66 bits per heavy atom. The van der Waals surface area contributed by atoms with Crippen molar-refractivity contribution in [3.8, 4) is 0 Å². The summed E-state index contributed by atoms with van der Waals surface area (Å²) in [6.45, 7) is 0. The van der Waals surface area contributed by atoms with E-state index in [4.69, 9.17) is 16.0 Å². The van der Waals surface area contributed by atoms with Crippen LogP contribution in [0.25, 0.3) is 10.3 Å². The number of fused-ring (bicyclic) bond motifs is 1. The average Bonchev–Trinajstić information content (AvgIpc) is 3.08. The summed E-state index contributed by atoms with van der Waals surface area (Å²) in [5.74, 6) is -0.749. The van der Waals surface area contributed by atoms with Crippen LogP contribution in [0.15, 0.2) is 86.9 Å². The number of benzene rings is 3. The molecule has 1 heterocycles. The maximum atomic E-state index is 13.4. The zero-order chi connectivity index (χ0) is 20.6. The third-order valence-electron chi connectivity index (χ3n) is 4.11. The van der Waals surface area contributed by atoms with Gasteiger partial charge in [-0.1, -0.05) is 41.1 Å². The van der Waals surface area contributed by atoms with E-state index in [1.54, 1.807) is 18.2 Å². The van der Waals surface area contributed by atoms with Crippen LogP contribution in [0.2, 0.25) is 5.02 Å². The van der Waals surface area contributed by atoms with Gasteiger partial charge >= 0.3 is 4.94 Å². The molecule has 0 saturated carbocycles. The zero-order valence-electron chi connectivity index (χ0n) is 14.6. The van der Waals surface area contributed by atoms with E-state index in [0.717, 1.165) is 15.6 Å². The molecule has 4 aromatic rings. The Morgan fingerprint density at radius 1 is 0.966 bits per heavy atom. The Hall–Kier alpha value is -2.94. The maximum absolute atomic E-state index is 13.4. The van der Waals surface area contributed by atoms with E-state index in [1.165, 1.54) is 54.6 Å². The first-order chi connectivity index (χ1) is 13.9. The highest BCUT2D eigenvalue weighted by Gasteiger charge is 2.32. The highest BCUT2D eigenvalue weighted by molar-refractivity contribution is 7.93. The molecule has 0 N–H and O–H groups in total. The van der Waals surface area contributed by atoms with Crippen molar-refractivity contribution < 1.29 is 17.6 Å². The van der Waals surface area contributed by atoms with Crippen LogP contribution in [-0.2, 0) is 10.0 Å². The lowest BCUT2D eigenvalue weighted by Crippen LogP contribution is -2.37. The topological polar surface area (TPSA) is 84.7 Å². The van der Waals surface area contributed by atoms with E-state index in [1.807, 2.05) is 0 Å². The first-order valence-electron chi connectivity index (χ1n) is 8.30. The fourth-order valence-corrected chi connectivity index (χ4v) is 5.01. The van der Waals surface area contributed by atoms with Gasteiger partial charge in [0.25, 0.3) is 15.9 Å². The van der Waals surface area contributed by atoms with E-state index >= 15 is 0 Å². The van der Waals surface area contributed by atoms with Crippen molar-refractivity contribution in [2.45, 2.75) is 4.90 Å². The number of halogens is 1. The second kappa shape index (κ2) is 7.47. The highest BCUT2D eigenvalue weighted by Crippen LogP contribution is 2.30. The molecule has 3 aromatic carbocycles. The van der Waals surface area contributed by atoms with E-state index < -0.39 is 20.9 Å². The molecule has 146 valence electrons. The molecule has 1 amide bonds.